The van der Waals surface area contributed by atoms with E-state index < -0.39 is 0 Å². The van der Waals surface area contributed by atoms with Gasteiger partial charge >= 0.3 is 0 Å². The average Bonchev–Trinajstić information content (AvgIpc) is 2.80. The summed E-state index contributed by atoms with van der Waals surface area (Å²) in [6.07, 6.45) is 1.78. The van der Waals surface area contributed by atoms with E-state index in [1.54, 1.807) is 6.08 Å². The van der Waals surface area contributed by atoms with E-state index in [0.29, 0.717) is 10.1 Å². The molecule has 0 unspecified atom stereocenters. The smallest absolute Gasteiger partial charge is 0.264 e. The summed E-state index contributed by atoms with van der Waals surface area (Å²) in [4.78, 5) is 21.3. The third-order valence-corrected chi connectivity index (χ3v) is 3.74. The molecular formula is C16H13N3OS. The molecule has 3 rings (SSSR count). The number of hydrogen-bond donors (Lipinski definition) is 1. The molecular weight excluding hydrogens is 282 g/mol. The molecule has 1 saturated heterocycles. The molecule has 0 bridgehead atoms. The van der Waals surface area contributed by atoms with Crippen LogP contribution >= 0.6 is 11.8 Å². The SMILES string of the molecule is Cc1cccc(/C=C2\SC(=Nc3ccccc3)NC2=O)n1. The first kappa shape index (κ1) is 13.6. The summed E-state index contributed by atoms with van der Waals surface area (Å²) in [5.41, 5.74) is 2.51. The first-order chi connectivity index (χ1) is 10.2. The molecule has 1 aromatic carbocycles. The summed E-state index contributed by atoms with van der Waals surface area (Å²) < 4.78 is 0. The maximum atomic E-state index is 12.0. The Hall–Kier alpha value is -2.40. The van der Waals surface area contributed by atoms with Crippen molar-refractivity contribution in [2.45, 2.75) is 6.92 Å². The number of aromatic nitrogens is 1. The number of nitrogens with zero attached hydrogens (tertiary/aromatic N) is 2. The number of benzene rings is 1. The van der Waals surface area contributed by atoms with Crippen LogP contribution in [0.5, 0.6) is 0 Å². The number of carbonyl (C=O) groups excluding carboxylic acids is 1. The van der Waals surface area contributed by atoms with Crippen LogP contribution in [0.25, 0.3) is 6.08 Å². The first-order valence-corrected chi connectivity index (χ1v) is 7.31. The van der Waals surface area contributed by atoms with Gasteiger partial charge in [-0.05, 0) is 49.0 Å². The van der Waals surface area contributed by atoms with Crippen molar-refractivity contribution < 1.29 is 4.79 Å². The highest BCUT2D eigenvalue weighted by Crippen LogP contribution is 2.27. The molecule has 0 spiro atoms. The monoisotopic (exact) mass is 295 g/mol. The van der Waals surface area contributed by atoms with Crippen molar-refractivity contribution in [3.63, 3.8) is 0 Å². The van der Waals surface area contributed by atoms with Crippen molar-refractivity contribution in [3.05, 3.63) is 64.8 Å². The number of nitrogens with one attached hydrogen (secondary N) is 1. The Kier molecular flexibility index (Phi) is 3.83. The van der Waals surface area contributed by atoms with Crippen LogP contribution in [0.15, 0.2) is 58.4 Å². The standard InChI is InChI=1S/C16H13N3OS/c1-11-6-5-9-13(17-11)10-14-15(20)19-16(21-14)18-12-7-3-2-4-8-12/h2-10H,1H3,(H,18,19,20)/b14-10-. The van der Waals surface area contributed by atoms with Crippen LogP contribution in [-0.4, -0.2) is 16.1 Å². The van der Waals surface area contributed by atoms with Gasteiger partial charge in [0.25, 0.3) is 5.91 Å². The van der Waals surface area contributed by atoms with E-state index in [1.165, 1.54) is 11.8 Å². The lowest BCUT2D eigenvalue weighted by Gasteiger charge is -1.96. The van der Waals surface area contributed by atoms with E-state index in [1.807, 2.05) is 55.5 Å². The lowest BCUT2D eigenvalue weighted by Crippen LogP contribution is -2.19. The van der Waals surface area contributed by atoms with Crippen molar-refractivity contribution in [1.29, 1.82) is 0 Å². The maximum absolute atomic E-state index is 12.0. The maximum Gasteiger partial charge on any atom is 0.264 e. The van der Waals surface area contributed by atoms with Gasteiger partial charge in [-0.2, -0.15) is 0 Å². The highest BCUT2D eigenvalue weighted by atomic mass is 32.2. The van der Waals surface area contributed by atoms with Crippen molar-refractivity contribution in [2.24, 2.45) is 4.99 Å². The van der Waals surface area contributed by atoms with Crippen LogP contribution in [0, 0.1) is 6.92 Å². The second kappa shape index (κ2) is 5.93. The minimum Gasteiger partial charge on any atom is -0.300 e. The normalized spacial score (nSPS) is 18.2. The molecule has 1 aliphatic rings. The summed E-state index contributed by atoms with van der Waals surface area (Å²) in [7, 11) is 0. The van der Waals surface area contributed by atoms with E-state index in [-0.39, 0.29) is 5.91 Å². The lowest BCUT2D eigenvalue weighted by atomic mass is 10.3. The topological polar surface area (TPSA) is 54.4 Å². The van der Waals surface area contributed by atoms with Crippen LogP contribution in [-0.2, 0) is 4.79 Å². The van der Waals surface area contributed by atoms with Gasteiger partial charge in [0.2, 0.25) is 0 Å². The third-order valence-electron chi connectivity index (χ3n) is 2.83. The fourth-order valence-corrected chi connectivity index (χ4v) is 2.71. The van der Waals surface area contributed by atoms with Gasteiger partial charge in [0.15, 0.2) is 5.17 Å². The van der Waals surface area contributed by atoms with E-state index in [4.69, 9.17) is 0 Å². The minimum absolute atomic E-state index is 0.141. The van der Waals surface area contributed by atoms with Gasteiger partial charge in [0.05, 0.1) is 16.3 Å². The number of carbonyl (C=O) groups is 1. The first-order valence-electron chi connectivity index (χ1n) is 6.49. The molecule has 5 heteroatoms. The molecule has 1 aliphatic heterocycles. The number of amidine groups is 1. The van der Waals surface area contributed by atoms with Crippen LogP contribution < -0.4 is 5.32 Å². The Morgan fingerprint density at radius 2 is 1.95 bits per heavy atom. The average molecular weight is 295 g/mol. The van der Waals surface area contributed by atoms with E-state index in [2.05, 4.69) is 15.3 Å². The Morgan fingerprint density at radius 3 is 2.71 bits per heavy atom. The molecule has 1 fully saturated rings. The summed E-state index contributed by atoms with van der Waals surface area (Å²) in [6, 6.07) is 15.3. The predicted octanol–water partition coefficient (Wildman–Crippen LogP) is 3.28. The largest absolute Gasteiger partial charge is 0.300 e. The number of amides is 1. The summed E-state index contributed by atoms with van der Waals surface area (Å²) in [5.74, 6) is -0.141. The quantitative estimate of drug-likeness (QED) is 0.865. The lowest BCUT2D eigenvalue weighted by molar-refractivity contribution is -0.115. The van der Waals surface area contributed by atoms with Crippen molar-refractivity contribution in [3.8, 4) is 0 Å². The molecule has 4 nitrogen and oxygen atoms in total. The van der Waals surface area contributed by atoms with Crippen LogP contribution in [0.4, 0.5) is 5.69 Å². The Balaban J connectivity index is 1.84. The third kappa shape index (κ3) is 3.38. The van der Waals surface area contributed by atoms with Gasteiger partial charge < -0.3 is 5.32 Å². The molecule has 104 valence electrons. The Bertz CT molecular complexity index is 738. The van der Waals surface area contributed by atoms with Gasteiger partial charge in [-0.15, -0.1) is 0 Å². The molecule has 0 aliphatic carbocycles. The second-order valence-electron chi connectivity index (χ2n) is 4.52. The number of thioether (sulfide) groups is 1. The van der Waals surface area contributed by atoms with Crippen molar-refractivity contribution in [1.82, 2.24) is 10.3 Å². The molecule has 0 atom stereocenters. The number of rotatable bonds is 2. The molecule has 1 aromatic heterocycles. The van der Waals surface area contributed by atoms with Crippen LogP contribution in [0.1, 0.15) is 11.4 Å². The number of pyridine rings is 1. The van der Waals surface area contributed by atoms with Gasteiger partial charge in [0, 0.05) is 5.69 Å². The van der Waals surface area contributed by atoms with Gasteiger partial charge in [-0.25, -0.2) is 4.99 Å². The summed E-state index contributed by atoms with van der Waals surface area (Å²) in [5, 5.41) is 3.35. The zero-order valence-corrected chi connectivity index (χ0v) is 12.2. The van der Waals surface area contributed by atoms with E-state index >= 15 is 0 Å². The van der Waals surface area contributed by atoms with E-state index in [0.717, 1.165) is 17.1 Å². The number of aliphatic imine (C=N–C) groups is 1. The van der Waals surface area contributed by atoms with Crippen molar-refractivity contribution in [2.75, 3.05) is 0 Å². The zero-order chi connectivity index (χ0) is 14.7. The molecule has 1 amide bonds. The van der Waals surface area contributed by atoms with Gasteiger partial charge in [-0.3, -0.25) is 9.78 Å². The van der Waals surface area contributed by atoms with Crippen molar-refractivity contribution >= 4 is 34.6 Å². The molecule has 2 heterocycles. The minimum atomic E-state index is -0.141. The van der Waals surface area contributed by atoms with Gasteiger partial charge in [-0.1, -0.05) is 24.3 Å². The molecule has 0 saturated carbocycles. The Morgan fingerprint density at radius 1 is 1.14 bits per heavy atom. The number of hydrogen-bond acceptors (Lipinski definition) is 4. The summed E-state index contributed by atoms with van der Waals surface area (Å²) in [6.45, 7) is 1.92. The highest BCUT2D eigenvalue weighted by Gasteiger charge is 2.23. The number of aryl methyl sites for hydroxylation is 1. The molecule has 1 N–H and O–H groups in total. The second-order valence-corrected chi connectivity index (χ2v) is 5.55. The fourth-order valence-electron chi connectivity index (χ4n) is 1.88. The number of para-hydroxylation sites is 1. The predicted molar refractivity (Wildman–Crippen MR) is 86.2 cm³/mol. The van der Waals surface area contributed by atoms with Crippen LogP contribution in [0.3, 0.4) is 0 Å². The molecule has 0 radical (unpaired) electrons. The van der Waals surface area contributed by atoms with Gasteiger partial charge in [0.1, 0.15) is 0 Å². The zero-order valence-electron chi connectivity index (χ0n) is 11.4. The summed E-state index contributed by atoms with van der Waals surface area (Å²) >= 11 is 1.32. The fraction of sp³-hybridized carbons (Fsp3) is 0.0625. The Labute approximate surface area is 127 Å². The van der Waals surface area contributed by atoms with E-state index in [9.17, 15) is 4.79 Å². The molecule has 21 heavy (non-hydrogen) atoms. The molecule has 2 aromatic rings. The highest BCUT2D eigenvalue weighted by molar-refractivity contribution is 8.18. The van der Waals surface area contributed by atoms with Crippen LogP contribution in [0.2, 0.25) is 0 Å².